The van der Waals surface area contributed by atoms with Crippen LogP contribution in [0.4, 0.5) is 4.79 Å². The number of ether oxygens (including phenoxy) is 2. The van der Waals surface area contributed by atoms with E-state index in [9.17, 15) is 13.2 Å². The molecule has 3 rings (SSSR count). The molecule has 0 unspecified atom stereocenters. The Hall–Kier alpha value is -1.96. The summed E-state index contributed by atoms with van der Waals surface area (Å²) >= 11 is 0. The first-order chi connectivity index (χ1) is 10.5. The Kier molecular flexibility index (Phi) is 4.10. The number of rotatable bonds is 4. The number of carbonyl (C=O) groups excluding carboxylic acids is 1. The first-order valence-electron chi connectivity index (χ1n) is 7.16. The number of hydrogen-bond acceptors (Lipinski definition) is 5. The summed E-state index contributed by atoms with van der Waals surface area (Å²) in [6.45, 7) is 0.706. The maximum absolute atomic E-state index is 11.7. The van der Waals surface area contributed by atoms with Gasteiger partial charge in [-0.1, -0.05) is 6.07 Å². The first-order valence-corrected chi connectivity index (χ1v) is 8.88. The molecule has 1 atom stereocenters. The molecule has 0 radical (unpaired) electrons. The molecule has 0 aromatic heterocycles. The predicted molar refractivity (Wildman–Crippen MR) is 79.6 cm³/mol. The summed E-state index contributed by atoms with van der Waals surface area (Å²) in [5.41, 5.74) is 0.882. The lowest BCUT2D eigenvalue weighted by molar-refractivity contribution is 0.174. The summed E-state index contributed by atoms with van der Waals surface area (Å²) < 4.78 is 33.8. The van der Waals surface area contributed by atoms with Gasteiger partial charge in [0.15, 0.2) is 21.3 Å². The molecule has 2 heterocycles. The molecule has 2 N–H and O–H groups in total. The minimum Gasteiger partial charge on any atom is -0.454 e. The third kappa shape index (κ3) is 3.27. The summed E-state index contributed by atoms with van der Waals surface area (Å²) in [4.78, 5) is 11.7. The second kappa shape index (κ2) is 6.04. The molecule has 0 aliphatic carbocycles. The van der Waals surface area contributed by atoms with Crippen LogP contribution in [-0.4, -0.2) is 38.8 Å². The fraction of sp³-hybridized carbons (Fsp3) is 0.500. The van der Waals surface area contributed by atoms with Crippen LogP contribution in [0.5, 0.6) is 11.5 Å². The molecule has 1 fully saturated rings. The van der Waals surface area contributed by atoms with Gasteiger partial charge in [0.25, 0.3) is 0 Å². The number of carbonyl (C=O) groups is 1. The SMILES string of the molecule is O=C(NCc1ccc2c(c1)OCO2)NC[C@H]1CCCS1(=O)=O. The van der Waals surface area contributed by atoms with Crippen molar-refractivity contribution in [1.82, 2.24) is 10.6 Å². The van der Waals surface area contributed by atoms with E-state index in [0.29, 0.717) is 30.9 Å². The van der Waals surface area contributed by atoms with Crippen molar-refractivity contribution in [2.75, 3.05) is 19.1 Å². The number of sulfone groups is 1. The molecular formula is C14H18N2O5S. The molecule has 2 aliphatic rings. The Bertz CT molecular complexity index is 674. The third-order valence-electron chi connectivity index (χ3n) is 3.84. The van der Waals surface area contributed by atoms with Gasteiger partial charge in [-0.3, -0.25) is 0 Å². The van der Waals surface area contributed by atoms with Crippen LogP contribution in [0.3, 0.4) is 0 Å². The Morgan fingerprint density at radius 1 is 1.23 bits per heavy atom. The number of hydrogen-bond donors (Lipinski definition) is 2. The molecule has 1 aromatic rings. The summed E-state index contributed by atoms with van der Waals surface area (Å²) in [5.74, 6) is 1.58. The van der Waals surface area contributed by atoms with Crippen LogP contribution in [0.15, 0.2) is 18.2 Å². The van der Waals surface area contributed by atoms with Gasteiger partial charge in [-0.25, -0.2) is 13.2 Å². The molecule has 7 nitrogen and oxygen atoms in total. The average Bonchev–Trinajstić information content (AvgIpc) is 3.08. The van der Waals surface area contributed by atoms with E-state index in [0.717, 1.165) is 5.56 Å². The van der Waals surface area contributed by atoms with Gasteiger partial charge >= 0.3 is 6.03 Å². The van der Waals surface area contributed by atoms with Gasteiger partial charge in [-0.15, -0.1) is 0 Å². The fourth-order valence-electron chi connectivity index (χ4n) is 2.59. The van der Waals surface area contributed by atoms with E-state index in [2.05, 4.69) is 10.6 Å². The van der Waals surface area contributed by atoms with Crippen LogP contribution >= 0.6 is 0 Å². The average molecular weight is 326 g/mol. The number of urea groups is 1. The molecule has 0 bridgehead atoms. The van der Waals surface area contributed by atoms with Gasteiger partial charge in [-0.05, 0) is 30.5 Å². The highest BCUT2D eigenvalue weighted by Gasteiger charge is 2.31. The zero-order chi connectivity index (χ0) is 15.6. The second-order valence-electron chi connectivity index (χ2n) is 5.38. The lowest BCUT2D eigenvalue weighted by Crippen LogP contribution is -2.40. The van der Waals surface area contributed by atoms with Gasteiger partial charge in [0.2, 0.25) is 6.79 Å². The highest BCUT2D eigenvalue weighted by Crippen LogP contribution is 2.32. The third-order valence-corrected chi connectivity index (χ3v) is 6.12. The van der Waals surface area contributed by atoms with E-state index >= 15 is 0 Å². The molecule has 1 aromatic carbocycles. The Morgan fingerprint density at radius 2 is 2.05 bits per heavy atom. The zero-order valence-corrected chi connectivity index (χ0v) is 12.8. The highest BCUT2D eigenvalue weighted by molar-refractivity contribution is 7.92. The second-order valence-corrected chi connectivity index (χ2v) is 7.78. The normalized spacial score (nSPS) is 21.5. The van der Waals surface area contributed by atoms with Crippen LogP contribution in [0.25, 0.3) is 0 Å². The molecule has 8 heteroatoms. The van der Waals surface area contributed by atoms with Crippen LogP contribution in [-0.2, 0) is 16.4 Å². The monoisotopic (exact) mass is 326 g/mol. The highest BCUT2D eigenvalue weighted by atomic mass is 32.2. The minimum atomic E-state index is -3.03. The maximum atomic E-state index is 11.7. The Labute approximate surface area is 128 Å². The topological polar surface area (TPSA) is 93.7 Å². The molecule has 120 valence electrons. The minimum absolute atomic E-state index is 0.162. The van der Waals surface area contributed by atoms with Crippen molar-refractivity contribution in [2.24, 2.45) is 0 Å². The van der Waals surface area contributed by atoms with E-state index in [1.807, 2.05) is 12.1 Å². The lowest BCUT2D eigenvalue weighted by Gasteiger charge is -2.12. The smallest absolute Gasteiger partial charge is 0.315 e. The standard InChI is InChI=1S/C14H18N2O5S/c17-14(16-8-11-2-1-5-22(11,18)19)15-7-10-3-4-12-13(6-10)21-9-20-12/h3-4,6,11H,1-2,5,7-9H2,(H2,15,16,17)/t11-/m1/s1. The van der Waals surface area contributed by atoms with Crippen LogP contribution in [0.2, 0.25) is 0 Å². The van der Waals surface area contributed by atoms with Crippen LogP contribution in [0, 0.1) is 0 Å². The van der Waals surface area contributed by atoms with E-state index in [1.54, 1.807) is 6.07 Å². The van der Waals surface area contributed by atoms with Crippen molar-refractivity contribution >= 4 is 15.9 Å². The van der Waals surface area contributed by atoms with Crippen molar-refractivity contribution in [3.05, 3.63) is 23.8 Å². The first kappa shape index (κ1) is 15.0. The Morgan fingerprint density at radius 3 is 2.82 bits per heavy atom. The summed E-state index contributed by atoms with van der Waals surface area (Å²) in [5, 5.41) is 4.86. The molecule has 2 amide bonds. The predicted octanol–water partition coefficient (Wildman–Crippen LogP) is 0.792. The zero-order valence-electron chi connectivity index (χ0n) is 12.0. The van der Waals surface area contributed by atoms with Gasteiger partial charge < -0.3 is 20.1 Å². The number of fused-ring (bicyclic) bond motifs is 1. The van der Waals surface area contributed by atoms with Crippen molar-refractivity contribution in [1.29, 1.82) is 0 Å². The van der Waals surface area contributed by atoms with Gasteiger partial charge in [0.05, 0.1) is 11.0 Å². The lowest BCUT2D eigenvalue weighted by atomic mass is 10.2. The van der Waals surface area contributed by atoms with Gasteiger partial charge in [-0.2, -0.15) is 0 Å². The molecule has 1 saturated heterocycles. The van der Waals surface area contributed by atoms with Crippen molar-refractivity contribution in [3.63, 3.8) is 0 Å². The van der Waals surface area contributed by atoms with Crippen molar-refractivity contribution in [3.8, 4) is 11.5 Å². The number of amides is 2. The Balaban J connectivity index is 1.46. The molecule has 0 spiro atoms. The molecular weight excluding hydrogens is 308 g/mol. The number of nitrogens with one attached hydrogen (secondary N) is 2. The van der Waals surface area contributed by atoms with E-state index < -0.39 is 15.1 Å². The summed E-state index contributed by atoms with van der Waals surface area (Å²) in [6, 6.07) is 5.07. The van der Waals surface area contributed by atoms with Gasteiger partial charge in [0, 0.05) is 13.1 Å². The van der Waals surface area contributed by atoms with Crippen molar-refractivity contribution < 1.29 is 22.7 Å². The number of benzene rings is 1. The fourth-order valence-corrected chi connectivity index (χ4v) is 4.36. The maximum Gasteiger partial charge on any atom is 0.315 e. The molecule has 0 saturated carbocycles. The molecule has 2 aliphatic heterocycles. The van der Waals surface area contributed by atoms with E-state index in [4.69, 9.17) is 9.47 Å². The van der Waals surface area contributed by atoms with Crippen LogP contribution in [0.1, 0.15) is 18.4 Å². The van der Waals surface area contributed by atoms with Crippen molar-refractivity contribution in [2.45, 2.75) is 24.6 Å². The van der Waals surface area contributed by atoms with Crippen LogP contribution < -0.4 is 20.1 Å². The summed E-state index contributed by atoms with van der Waals surface area (Å²) in [7, 11) is -3.03. The van der Waals surface area contributed by atoms with Gasteiger partial charge in [0.1, 0.15) is 0 Å². The molecule has 22 heavy (non-hydrogen) atoms. The summed E-state index contributed by atoms with van der Waals surface area (Å²) in [6.07, 6.45) is 1.29. The van der Waals surface area contributed by atoms with E-state index in [-0.39, 0.29) is 25.1 Å². The van der Waals surface area contributed by atoms with E-state index in [1.165, 1.54) is 0 Å². The largest absolute Gasteiger partial charge is 0.454 e. The quantitative estimate of drug-likeness (QED) is 0.853.